The molecule has 0 aliphatic rings. The quantitative estimate of drug-likeness (QED) is 0.827. The molecule has 1 aromatic carbocycles. The van der Waals surface area contributed by atoms with Gasteiger partial charge in [-0.25, -0.2) is 4.79 Å². The van der Waals surface area contributed by atoms with E-state index in [-0.39, 0.29) is 11.5 Å². The number of nitrogens with one attached hydrogen (secondary N) is 2. The van der Waals surface area contributed by atoms with Crippen LogP contribution >= 0.6 is 0 Å². The lowest BCUT2D eigenvalue weighted by molar-refractivity contribution is 0.0530. The van der Waals surface area contributed by atoms with Crippen LogP contribution in [0.15, 0.2) is 24.3 Å². The van der Waals surface area contributed by atoms with Crippen molar-refractivity contribution < 1.29 is 9.53 Å². The largest absolute Gasteiger partial charge is 0.444 e. The summed E-state index contributed by atoms with van der Waals surface area (Å²) in [7, 11) is 0. The molecule has 0 saturated heterocycles. The van der Waals surface area contributed by atoms with Gasteiger partial charge in [-0.2, -0.15) is 0 Å². The summed E-state index contributed by atoms with van der Waals surface area (Å²) in [6.07, 6.45) is -0.381. The third-order valence-electron chi connectivity index (χ3n) is 2.84. The Kier molecular flexibility index (Phi) is 5.64. The molecular formula is C17H28N2O2. The van der Waals surface area contributed by atoms with E-state index in [1.54, 1.807) is 0 Å². The summed E-state index contributed by atoms with van der Waals surface area (Å²) in [5.74, 6) is 0. The first-order valence-electron chi connectivity index (χ1n) is 7.40. The normalized spacial score (nSPS) is 11.9. The molecule has 118 valence electrons. The Morgan fingerprint density at radius 2 is 1.67 bits per heavy atom. The molecule has 0 fully saturated rings. The van der Waals surface area contributed by atoms with Crippen molar-refractivity contribution in [3.8, 4) is 0 Å². The zero-order chi connectivity index (χ0) is 16.1. The number of rotatable bonds is 4. The van der Waals surface area contributed by atoms with Crippen LogP contribution in [0.1, 0.15) is 47.1 Å². The monoisotopic (exact) mass is 292 g/mol. The molecule has 0 spiro atoms. The van der Waals surface area contributed by atoms with Crippen LogP contribution in [0.2, 0.25) is 0 Å². The average Bonchev–Trinajstić information content (AvgIpc) is 2.32. The van der Waals surface area contributed by atoms with Gasteiger partial charge in [0.25, 0.3) is 0 Å². The number of benzene rings is 1. The van der Waals surface area contributed by atoms with E-state index in [1.165, 1.54) is 5.56 Å². The molecule has 4 nitrogen and oxygen atoms in total. The Bertz CT molecular complexity index is 470. The van der Waals surface area contributed by atoms with Gasteiger partial charge >= 0.3 is 6.09 Å². The minimum Gasteiger partial charge on any atom is -0.444 e. The predicted octanol–water partition coefficient (Wildman–Crippen LogP) is 3.92. The number of anilines is 1. The molecule has 21 heavy (non-hydrogen) atoms. The van der Waals surface area contributed by atoms with Gasteiger partial charge in [-0.05, 0) is 37.8 Å². The van der Waals surface area contributed by atoms with Crippen LogP contribution in [-0.2, 0) is 10.2 Å². The van der Waals surface area contributed by atoms with Crippen LogP contribution in [-0.4, -0.2) is 24.8 Å². The second kappa shape index (κ2) is 6.83. The fourth-order valence-electron chi connectivity index (χ4n) is 1.97. The second-order valence-electron chi connectivity index (χ2n) is 7.15. The Morgan fingerprint density at radius 1 is 1.05 bits per heavy atom. The zero-order valence-corrected chi connectivity index (χ0v) is 14.0. The van der Waals surface area contributed by atoms with Crippen molar-refractivity contribution in [1.82, 2.24) is 5.32 Å². The lowest BCUT2D eigenvalue weighted by Gasteiger charge is -2.23. The summed E-state index contributed by atoms with van der Waals surface area (Å²) in [5, 5.41) is 6.11. The lowest BCUT2D eigenvalue weighted by atomic mass is 9.86. The summed E-state index contributed by atoms with van der Waals surface area (Å²) in [5.41, 5.74) is 2.00. The third-order valence-corrected chi connectivity index (χ3v) is 2.84. The maximum atomic E-state index is 11.5. The van der Waals surface area contributed by atoms with Gasteiger partial charge in [-0.3, -0.25) is 0 Å². The summed E-state index contributed by atoms with van der Waals surface area (Å²) in [6, 6.07) is 8.25. The van der Waals surface area contributed by atoms with E-state index in [0.717, 1.165) is 5.69 Å². The average molecular weight is 292 g/mol. The molecule has 0 aliphatic heterocycles. The summed E-state index contributed by atoms with van der Waals surface area (Å²) < 4.78 is 5.19. The smallest absolute Gasteiger partial charge is 0.407 e. The van der Waals surface area contributed by atoms with Crippen LogP contribution in [0.5, 0.6) is 0 Å². The standard InChI is InChI=1S/C17H28N2O2/c1-16(2,3)13-9-7-8-10-14(13)18-11-12-19-15(20)21-17(4,5)6/h7-10,18H,11-12H2,1-6H3,(H,19,20). The maximum Gasteiger partial charge on any atom is 0.407 e. The highest BCUT2D eigenvalue weighted by molar-refractivity contribution is 5.67. The van der Waals surface area contributed by atoms with Crippen molar-refractivity contribution in [3.63, 3.8) is 0 Å². The molecule has 1 amide bonds. The third kappa shape index (κ3) is 6.52. The first kappa shape index (κ1) is 17.3. The van der Waals surface area contributed by atoms with E-state index in [0.29, 0.717) is 13.1 Å². The number of alkyl carbamates (subject to hydrolysis) is 1. The van der Waals surface area contributed by atoms with Crippen molar-refractivity contribution in [3.05, 3.63) is 29.8 Å². The molecule has 2 N–H and O–H groups in total. The van der Waals surface area contributed by atoms with Crippen LogP contribution in [0, 0.1) is 0 Å². The van der Waals surface area contributed by atoms with Crippen molar-refractivity contribution in [1.29, 1.82) is 0 Å². The number of hydrogen-bond acceptors (Lipinski definition) is 3. The van der Waals surface area contributed by atoms with E-state index >= 15 is 0 Å². The number of carbonyl (C=O) groups is 1. The Hall–Kier alpha value is -1.71. The Morgan fingerprint density at radius 3 is 2.24 bits per heavy atom. The van der Waals surface area contributed by atoms with Crippen LogP contribution in [0.4, 0.5) is 10.5 Å². The number of carbonyl (C=O) groups excluding carboxylic acids is 1. The van der Waals surface area contributed by atoms with Crippen LogP contribution in [0.25, 0.3) is 0 Å². The predicted molar refractivity (Wildman–Crippen MR) is 87.9 cm³/mol. The van der Waals surface area contributed by atoms with E-state index in [4.69, 9.17) is 4.74 Å². The van der Waals surface area contributed by atoms with Crippen molar-refractivity contribution in [2.45, 2.75) is 52.6 Å². The van der Waals surface area contributed by atoms with Crippen LogP contribution < -0.4 is 10.6 Å². The van der Waals surface area contributed by atoms with Gasteiger partial charge in [0.15, 0.2) is 0 Å². The van der Waals surface area contributed by atoms with E-state index in [2.05, 4.69) is 43.5 Å². The van der Waals surface area contributed by atoms with Gasteiger partial charge in [0.05, 0.1) is 0 Å². The minimum absolute atomic E-state index is 0.0855. The van der Waals surface area contributed by atoms with Gasteiger partial charge in [0.1, 0.15) is 5.60 Å². The maximum absolute atomic E-state index is 11.5. The van der Waals surface area contributed by atoms with Crippen molar-refractivity contribution >= 4 is 11.8 Å². The van der Waals surface area contributed by atoms with E-state index in [9.17, 15) is 4.79 Å². The SMILES string of the molecule is CC(C)(C)OC(=O)NCCNc1ccccc1C(C)(C)C. The fraction of sp³-hybridized carbons (Fsp3) is 0.588. The van der Waals surface area contributed by atoms with Gasteiger partial charge in [0.2, 0.25) is 0 Å². The molecule has 0 heterocycles. The molecule has 0 bridgehead atoms. The van der Waals surface area contributed by atoms with Gasteiger partial charge in [0, 0.05) is 18.8 Å². The van der Waals surface area contributed by atoms with E-state index < -0.39 is 5.60 Å². The molecule has 4 heteroatoms. The van der Waals surface area contributed by atoms with Gasteiger partial charge in [-0.15, -0.1) is 0 Å². The molecule has 1 aromatic rings. The molecule has 0 aromatic heterocycles. The van der Waals surface area contributed by atoms with E-state index in [1.807, 2.05) is 32.9 Å². The number of ether oxygens (including phenoxy) is 1. The summed E-state index contributed by atoms with van der Waals surface area (Å²) >= 11 is 0. The Labute approximate surface area is 128 Å². The van der Waals surface area contributed by atoms with Gasteiger partial charge in [-0.1, -0.05) is 39.0 Å². The highest BCUT2D eigenvalue weighted by atomic mass is 16.6. The first-order chi connectivity index (χ1) is 9.59. The molecule has 0 unspecified atom stereocenters. The number of hydrogen-bond donors (Lipinski definition) is 2. The molecule has 0 atom stereocenters. The Balaban J connectivity index is 2.46. The molecule has 0 saturated carbocycles. The molecule has 0 radical (unpaired) electrons. The van der Waals surface area contributed by atoms with Crippen molar-refractivity contribution in [2.24, 2.45) is 0 Å². The molecule has 1 rings (SSSR count). The first-order valence-corrected chi connectivity index (χ1v) is 7.40. The lowest BCUT2D eigenvalue weighted by Crippen LogP contribution is -2.35. The molecular weight excluding hydrogens is 264 g/mol. The van der Waals surface area contributed by atoms with Crippen LogP contribution in [0.3, 0.4) is 0 Å². The van der Waals surface area contributed by atoms with Gasteiger partial charge < -0.3 is 15.4 Å². The minimum atomic E-state index is -0.462. The summed E-state index contributed by atoms with van der Waals surface area (Å²) in [4.78, 5) is 11.5. The second-order valence-corrected chi connectivity index (χ2v) is 7.15. The zero-order valence-electron chi connectivity index (χ0n) is 14.0. The fourth-order valence-corrected chi connectivity index (χ4v) is 1.97. The number of amides is 1. The molecule has 0 aliphatic carbocycles. The number of para-hydroxylation sites is 1. The summed E-state index contributed by atoms with van der Waals surface area (Å²) in [6.45, 7) is 13.3. The topological polar surface area (TPSA) is 50.4 Å². The highest BCUT2D eigenvalue weighted by Crippen LogP contribution is 2.28. The van der Waals surface area contributed by atoms with Crippen molar-refractivity contribution in [2.75, 3.05) is 18.4 Å². The highest BCUT2D eigenvalue weighted by Gasteiger charge is 2.17.